The van der Waals surface area contributed by atoms with Gasteiger partial charge in [-0.3, -0.25) is 0 Å². The number of hydrogen-bond donors (Lipinski definition) is 5. The number of rotatable bonds is 23. The monoisotopic (exact) mass is 1130 g/mol. The van der Waals surface area contributed by atoms with Gasteiger partial charge in [0.1, 0.15) is 5.82 Å². The Bertz CT molecular complexity index is 1780. The Balaban J connectivity index is 0.00000153. The standard InChI is InChI=1S/C35H66N8.C28H58N4.5CH4/c1-26-36-30(38-27-18-14-13-15-19-27)39-31(37-26)43(29-24-34(6,7)41-35(8,9)25-29)21-17-12-11-16-20-42(10)28-22-32(2,3)40-33(4,5)23-28;1-11-16-32(24-21-27(6,7)30-28(8,9)22-24)18-15-13-12-14-17-31(10)23-19-25(2,3)29-26(4,5)20-23;;;;;/h27-29,40-41H,11-25H2,1-10H3,(H,36,37,38,39);23-24,29-30H,11-22H2,1-10H3;5*1H4. The highest BCUT2D eigenvalue weighted by atomic mass is 15.3. The Kier molecular flexibility index (Phi) is 32.0. The second kappa shape index (κ2) is 32.7. The summed E-state index contributed by atoms with van der Waals surface area (Å²) >= 11 is 0. The Morgan fingerprint density at radius 2 is 0.750 bits per heavy atom. The number of hydrogen-bond acceptors (Lipinski definition) is 12. The van der Waals surface area contributed by atoms with Crippen molar-refractivity contribution < 1.29 is 0 Å². The molecule has 5 aliphatic rings. The fraction of sp³-hybridized carbons (Fsp3) is 0.956. The van der Waals surface area contributed by atoms with Crippen LogP contribution in [0, 0.1) is 6.92 Å². The van der Waals surface area contributed by atoms with Crippen molar-refractivity contribution in [1.29, 1.82) is 0 Å². The van der Waals surface area contributed by atoms with E-state index in [1.165, 1.54) is 148 Å². The summed E-state index contributed by atoms with van der Waals surface area (Å²) in [5.74, 6) is 2.44. The molecule has 0 atom stereocenters. The van der Waals surface area contributed by atoms with Crippen molar-refractivity contribution in [2.24, 2.45) is 0 Å². The molecular formula is C68H144N12. The predicted octanol–water partition coefficient (Wildman–Crippen LogP) is 15.8. The number of anilines is 2. The lowest BCUT2D eigenvalue weighted by atomic mass is 9.79. The summed E-state index contributed by atoms with van der Waals surface area (Å²) in [5, 5.41) is 19.1. The number of piperidine rings is 4. The molecule has 1 saturated carbocycles. The minimum atomic E-state index is 0. The predicted molar refractivity (Wildman–Crippen MR) is 357 cm³/mol. The van der Waals surface area contributed by atoms with E-state index in [1.807, 2.05) is 6.92 Å². The molecule has 0 bridgehead atoms. The van der Waals surface area contributed by atoms with E-state index in [0.717, 1.165) is 49.6 Å². The molecule has 0 unspecified atom stereocenters. The molecular weight excluding hydrogens is 985 g/mol. The average molecular weight is 1130 g/mol. The van der Waals surface area contributed by atoms with Crippen molar-refractivity contribution in [1.82, 2.24) is 50.9 Å². The lowest BCUT2D eigenvalue weighted by molar-refractivity contribution is 0.0644. The van der Waals surface area contributed by atoms with E-state index < -0.39 is 0 Å². The third kappa shape index (κ3) is 26.7. The van der Waals surface area contributed by atoms with E-state index in [1.54, 1.807) is 0 Å². The lowest BCUT2D eigenvalue weighted by Crippen LogP contribution is -2.62. The Hall–Kier alpha value is -1.67. The van der Waals surface area contributed by atoms with Gasteiger partial charge in [-0.2, -0.15) is 15.0 Å². The average Bonchev–Trinajstić information content (AvgIpc) is 3.22. The molecule has 0 aromatic carbocycles. The highest BCUT2D eigenvalue weighted by Gasteiger charge is 2.43. The summed E-state index contributed by atoms with van der Waals surface area (Å²) in [6.07, 6.45) is 27.6. The molecule has 1 aromatic heterocycles. The molecule has 4 aliphatic heterocycles. The Morgan fingerprint density at radius 3 is 1.12 bits per heavy atom. The maximum Gasteiger partial charge on any atom is 0.230 e. The van der Waals surface area contributed by atoms with Gasteiger partial charge >= 0.3 is 0 Å². The van der Waals surface area contributed by atoms with Crippen LogP contribution in [-0.4, -0.2) is 151 Å². The van der Waals surface area contributed by atoms with Crippen LogP contribution in [-0.2, 0) is 0 Å². The fourth-order valence-corrected chi connectivity index (χ4v) is 15.9. The molecule has 1 aromatic rings. The second-order valence-electron chi connectivity index (χ2n) is 30.8. The van der Waals surface area contributed by atoms with Crippen LogP contribution in [0.4, 0.5) is 11.9 Å². The molecule has 476 valence electrons. The molecule has 80 heavy (non-hydrogen) atoms. The van der Waals surface area contributed by atoms with Crippen molar-refractivity contribution in [3.8, 4) is 0 Å². The zero-order chi connectivity index (χ0) is 55.7. The number of nitrogens with zero attached hydrogens (tertiary/aromatic N) is 7. The fourth-order valence-electron chi connectivity index (χ4n) is 15.9. The van der Waals surface area contributed by atoms with Gasteiger partial charge in [0.05, 0.1) is 0 Å². The zero-order valence-electron chi connectivity index (χ0n) is 53.1. The molecule has 4 saturated heterocycles. The summed E-state index contributed by atoms with van der Waals surface area (Å²) in [6, 6.07) is 2.95. The maximum absolute atomic E-state index is 5.07. The zero-order valence-corrected chi connectivity index (χ0v) is 53.1. The van der Waals surface area contributed by atoms with Gasteiger partial charge in [-0.1, -0.05) is 89.0 Å². The minimum Gasteiger partial charge on any atom is -0.351 e. The number of aryl methyl sites for hydroxylation is 1. The van der Waals surface area contributed by atoms with E-state index in [4.69, 9.17) is 15.0 Å². The summed E-state index contributed by atoms with van der Waals surface area (Å²) in [4.78, 5) is 25.4. The number of nitrogens with one attached hydrogen (secondary N) is 5. The van der Waals surface area contributed by atoms with Crippen molar-refractivity contribution in [2.45, 2.75) is 378 Å². The normalized spacial score (nSPS) is 23.2. The first kappa shape index (κ1) is 78.3. The van der Waals surface area contributed by atoms with Crippen molar-refractivity contribution >= 4 is 11.9 Å². The molecule has 5 N–H and O–H groups in total. The van der Waals surface area contributed by atoms with Crippen molar-refractivity contribution in [2.75, 3.05) is 57.0 Å². The molecule has 12 heteroatoms. The van der Waals surface area contributed by atoms with Crippen LogP contribution in [0.1, 0.15) is 302 Å². The van der Waals surface area contributed by atoms with E-state index in [0.29, 0.717) is 24.2 Å². The summed E-state index contributed by atoms with van der Waals surface area (Å²) in [7, 11) is 4.69. The minimum absolute atomic E-state index is 0. The lowest BCUT2D eigenvalue weighted by Gasteiger charge is -2.50. The van der Waals surface area contributed by atoms with Crippen LogP contribution < -0.4 is 31.5 Å². The Morgan fingerprint density at radius 1 is 0.412 bits per heavy atom. The van der Waals surface area contributed by atoms with E-state index in [9.17, 15) is 0 Å². The van der Waals surface area contributed by atoms with Crippen molar-refractivity contribution in [3.05, 3.63) is 5.82 Å². The first-order valence-electron chi connectivity index (χ1n) is 31.2. The Labute approximate surface area is 501 Å². The van der Waals surface area contributed by atoms with E-state index in [2.05, 4.69) is 178 Å². The van der Waals surface area contributed by atoms with E-state index >= 15 is 0 Å². The molecule has 6 rings (SSSR count). The highest BCUT2D eigenvalue weighted by Crippen LogP contribution is 2.36. The number of unbranched alkanes of at least 4 members (excludes halogenated alkanes) is 6. The molecule has 5 fully saturated rings. The van der Waals surface area contributed by atoms with Gasteiger partial charge in [0.25, 0.3) is 0 Å². The van der Waals surface area contributed by atoms with Crippen LogP contribution in [0.15, 0.2) is 0 Å². The molecule has 12 nitrogen and oxygen atoms in total. The van der Waals surface area contributed by atoms with Gasteiger partial charge in [0.15, 0.2) is 0 Å². The molecule has 0 spiro atoms. The van der Waals surface area contributed by atoms with Gasteiger partial charge < -0.3 is 46.2 Å². The maximum atomic E-state index is 5.07. The summed E-state index contributed by atoms with van der Waals surface area (Å²) in [5.41, 5.74) is 1.47. The first-order chi connectivity index (χ1) is 34.7. The van der Waals surface area contributed by atoms with E-state index in [-0.39, 0.29) is 81.4 Å². The van der Waals surface area contributed by atoms with Gasteiger partial charge in [-0.25, -0.2) is 0 Å². The van der Waals surface area contributed by atoms with Crippen LogP contribution >= 0.6 is 0 Å². The van der Waals surface area contributed by atoms with Crippen LogP contribution in [0.2, 0.25) is 0 Å². The topological polar surface area (TPSA) is 112 Å². The van der Waals surface area contributed by atoms with Crippen LogP contribution in [0.3, 0.4) is 0 Å². The van der Waals surface area contributed by atoms with Gasteiger partial charge in [-0.15, -0.1) is 0 Å². The van der Waals surface area contributed by atoms with Gasteiger partial charge in [0.2, 0.25) is 11.9 Å². The van der Waals surface area contributed by atoms with Crippen LogP contribution in [0.25, 0.3) is 0 Å². The smallest absolute Gasteiger partial charge is 0.230 e. The SMILES string of the molecule is C.C.C.C.C.CCCN(CCCCCCN(C)C1CC(C)(C)NC(C)(C)C1)C1CC(C)(C)NC(C)(C)C1.Cc1nc(NC2CCCCC2)nc(N(CCCCCCN(C)C2CC(C)(C)NC(C)(C)C2)C2CC(C)(C)NC(C)(C)C2)n1. The third-order valence-corrected chi connectivity index (χ3v) is 17.7. The molecule has 0 amide bonds. The second-order valence-corrected chi connectivity index (χ2v) is 30.8. The highest BCUT2D eigenvalue weighted by molar-refractivity contribution is 5.39. The first-order valence-corrected chi connectivity index (χ1v) is 31.2. The third-order valence-electron chi connectivity index (χ3n) is 17.7. The largest absolute Gasteiger partial charge is 0.351 e. The molecule has 1 aliphatic carbocycles. The number of aromatic nitrogens is 3. The van der Waals surface area contributed by atoms with Crippen LogP contribution in [0.5, 0.6) is 0 Å². The molecule has 5 heterocycles. The van der Waals surface area contributed by atoms with Crippen molar-refractivity contribution in [3.63, 3.8) is 0 Å². The molecule has 0 radical (unpaired) electrons. The summed E-state index contributed by atoms with van der Waals surface area (Å²) < 4.78 is 0. The van der Waals surface area contributed by atoms with Gasteiger partial charge in [0, 0.05) is 81.1 Å². The summed E-state index contributed by atoms with van der Waals surface area (Å²) in [6.45, 7) is 48.1. The van der Waals surface area contributed by atoms with Gasteiger partial charge in [-0.05, 0) is 254 Å². The quantitative estimate of drug-likeness (QED) is 0.0673.